The van der Waals surface area contributed by atoms with Crippen molar-refractivity contribution in [2.24, 2.45) is 11.8 Å². The largest absolute Gasteiger partial charge is 0.497 e. The summed E-state index contributed by atoms with van der Waals surface area (Å²) in [5.74, 6) is 0.741. The van der Waals surface area contributed by atoms with Gasteiger partial charge < -0.3 is 24.3 Å². The molecule has 0 spiro atoms. The van der Waals surface area contributed by atoms with E-state index in [0.717, 1.165) is 25.7 Å². The molecule has 4 rings (SSSR count). The van der Waals surface area contributed by atoms with Crippen molar-refractivity contribution in [2.45, 2.75) is 45.2 Å². The van der Waals surface area contributed by atoms with Gasteiger partial charge in [0.25, 0.3) is 5.56 Å². The summed E-state index contributed by atoms with van der Waals surface area (Å²) < 4.78 is 11.4. The van der Waals surface area contributed by atoms with Crippen LogP contribution >= 0.6 is 0 Å². The second-order valence-electron chi connectivity index (χ2n) is 9.63. The van der Waals surface area contributed by atoms with Crippen molar-refractivity contribution in [3.05, 3.63) is 39.0 Å². The van der Waals surface area contributed by atoms with Gasteiger partial charge in [-0.3, -0.25) is 19.0 Å². The number of fused-ring (bicyclic) bond motifs is 1. The second kappa shape index (κ2) is 10.6. The number of carbonyl (C=O) groups is 2. The number of nitrogens with one attached hydrogen (secondary N) is 1. The first-order chi connectivity index (χ1) is 16.8. The van der Waals surface area contributed by atoms with Crippen molar-refractivity contribution in [1.82, 2.24) is 19.4 Å². The number of carbonyl (C=O) groups excluding carboxylic acids is 2. The molecule has 10 heteroatoms. The number of benzene rings is 1. The molecule has 35 heavy (non-hydrogen) atoms. The maximum atomic E-state index is 13.2. The Hall–Kier alpha value is -3.14. The lowest BCUT2D eigenvalue weighted by Crippen LogP contribution is -2.57. The summed E-state index contributed by atoms with van der Waals surface area (Å²) in [6.07, 6.45) is 3.01. The van der Waals surface area contributed by atoms with Crippen molar-refractivity contribution in [3.63, 3.8) is 0 Å². The molecular formula is C25H34N4O6. The molecule has 0 bridgehead atoms. The Balaban J connectivity index is 1.37. The third-order valence-corrected chi connectivity index (χ3v) is 7.36. The summed E-state index contributed by atoms with van der Waals surface area (Å²) in [6.45, 7) is 3.93. The van der Waals surface area contributed by atoms with E-state index >= 15 is 0 Å². The molecule has 1 aliphatic heterocycles. The SMILES string of the molecule is COCC(=O)N1CCN(C(=O)[C@H]2CC[C@H](Cn3c(=O)[nH]c4ccc(OC)cc4c3=O)CC2)[C@H](C)C1. The van der Waals surface area contributed by atoms with Crippen LogP contribution in [-0.4, -0.2) is 77.7 Å². The molecule has 1 aliphatic carbocycles. The van der Waals surface area contributed by atoms with Crippen LogP contribution < -0.4 is 16.0 Å². The summed E-state index contributed by atoms with van der Waals surface area (Å²) in [5.41, 5.74) is -0.249. The highest BCUT2D eigenvalue weighted by molar-refractivity contribution is 5.81. The summed E-state index contributed by atoms with van der Waals surface area (Å²) >= 11 is 0. The number of aromatic amines is 1. The number of piperazine rings is 1. The number of hydrogen-bond acceptors (Lipinski definition) is 6. The molecule has 1 N–H and O–H groups in total. The van der Waals surface area contributed by atoms with Gasteiger partial charge in [-0.25, -0.2) is 4.79 Å². The number of ether oxygens (including phenoxy) is 2. The van der Waals surface area contributed by atoms with Crippen molar-refractivity contribution in [2.75, 3.05) is 40.5 Å². The average molecular weight is 487 g/mol. The lowest BCUT2D eigenvalue weighted by Gasteiger charge is -2.42. The van der Waals surface area contributed by atoms with Crippen LogP contribution in [0.2, 0.25) is 0 Å². The first kappa shape index (κ1) is 25.0. The maximum absolute atomic E-state index is 13.2. The van der Waals surface area contributed by atoms with Crippen LogP contribution in [0.5, 0.6) is 5.75 Å². The lowest BCUT2D eigenvalue weighted by molar-refractivity contribution is -0.147. The van der Waals surface area contributed by atoms with Gasteiger partial charge in [-0.05, 0) is 56.7 Å². The summed E-state index contributed by atoms with van der Waals surface area (Å²) in [6, 6.07) is 4.98. The van der Waals surface area contributed by atoms with Crippen LogP contribution in [0.15, 0.2) is 27.8 Å². The molecule has 2 amide bonds. The van der Waals surface area contributed by atoms with Crippen LogP contribution in [0, 0.1) is 11.8 Å². The van der Waals surface area contributed by atoms with E-state index in [9.17, 15) is 19.2 Å². The Labute approximate surface area is 203 Å². The number of H-pyrrole nitrogens is 1. The topological polar surface area (TPSA) is 114 Å². The number of hydrogen-bond donors (Lipinski definition) is 1. The average Bonchev–Trinajstić information content (AvgIpc) is 2.86. The summed E-state index contributed by atoms with van der Waals surface area (Å²) in [5, 5.41) is 0.421. The van der Waals surface area contributed by atoms with Gasteiger partial charge >= 0.3 is 5.69 Å². The van der Waals surface area contributed by atoms with Gasteiger partial charge in [0, 0.05) is 45.2 Å². The normalized spacial score (nSPS) is 22.9. The van der Waals surface area contributed by atoms with E-state index in [4.69, 9.17) is 9.47 Å². The Morgan fingerprint density at radius 3 is 2.49 bits per heavy atom. The van der Waals surface area contributed by atoms with E-state index in [1.807, 2.05) is 11.8 Å². The highest BCUT2D eigenvalue weighted by Crippen LogP contribution is 2.31. The zero-order valence-electron chi connectivity index (χ0n) is 20.6. The molecule has 1 atom stereocenters. The molecule has 1 saturated heterocycles. The highest BCUT2D eigenvalue weighted by Gasteiger charge is 2.35. The Bertz CT molecular complexity index is 1200. The van der Waals surface area contributed by atoms with Gasteiger partial charge in [-0.15, -0.1) is 0 Å². The molecule has 0 radical (unpaired) electrons. The molecule has 1 aromatic carbocycles. The molecule has 2 fully saturated rings. The number of methoxy groups -OCH3 is 2. The predicted octanol–water partition coefficient (Wildman–Crippen LogP) is 1.21. The minimum absolute atomic E-state index is 0.0403. The third kappa shape index (κ3) is 5.27. The van der Waals surface area contributed by atoms with Crippen LogP contribution in [0.1, 0.15) is 32.6 Å². The second-order valence-corrected chi connectivity index (χ2v) is 9.63. The van der Waals surface area contributed by atoms with Crippen molar-refractivity contribution < 1.29 is 19.1 Å². The van der Waals surface area contributed by atoms with Crippen molar-refractivity contribution >= 4 is 22.7 Å². The fourth-order valence-corrected chi connectivity index (χ4v) is 5.33. The number of aromatic nitrogens is 2. The van der Waals surface area contributed by atoms with Gasteiger partial charge in [0.2, 0.25) is 11.8 Å². The standard InChI is InChI=1S/C25H34N4O6/c1-16-13-27(22(30)15-34-2)10-11-28(16)23(31)18-6-4-17(5-7-18)14-29-24(32)20-12-19(35-3)8-9-21(20)26-25(29)33/h8-9,12,16-18H,4-7,10-11,13-15H2,1-3H3,(H,26,33)/t16-,17-,18-/m1/s1. The van der Waals surface area contributed by atoms with Gasteiger partial charge in [0.1, 0.15) is 12.4 Å². The highest BCUT2D eigenvalue weighted by atomic mass is 16.5. The smallest absolute Gasteiger partial charge is 0.328 e. The minimum Gasteiger partial charge on any atom is -0.497 e. The molecule has 2 heterocycles. The molecule has 2 aliphatic rings. The third-order valence-electron chi connectivity index (χ3n) is 7.36. The van der Waals surface area contributed by atoms with Crippen LogP contribution in [0.3, 0.4) is 0 Å². The maximum Gasteiger partial charge on any atom is 0.328 e. The van der Waals surface area contributed by atoms with Gasteiger partial charge in [-0.1, -0.05) is 0 Å². The molecular weight excluding hydrogens is 452 g/mol. The Morgan fingerprint density at radius 2 is 1.83 bits per heavy atom. The summed E-state index contributed by atoms with van der Waals surface area (Å²) in [4.78, 5) is 57.4. The molecule has 1 saturated carbocycles. The van der Waals surface area contributed by atoms with Gasteiger partial charge in [0.15, 0.2) is 0 Å². The Morgan fingerprint density at radius 1 is 1.09 bits per heavy atom. The number of amides is 2. The lowest BCUT2D eigenvalue weighted by atomic mass is 9.81. The molecule has 190 valence electrons. The van der Waals surface area contributed by atoms with Gasteiger partial charge in [0.05, 0.1) is 18.0 Å². The monoisotopic (exact) mass is 486 g/mol. The number of rotatable bonds is 6. The predicted molar refractivity (Wildman–Crippen MR) is 130 cm³/mol. The van der Waals surface area contributed by atoms with E-state index < -0.39 is 5.69 Å². The fraction of sp³-hybridized carbons (Fsp3) is 0.600. The Kier molecular flexibility index (Phi) is 7.59. The van der Waals surface area contributed by atoms with E-state index in [-0.39, 0.29) is 41.9 Å². The van der Waals surface area contributed by atoms with E-state index in [1.54, 1.807) is 23.1 Å². The van der Waals surface area contributed by atoms with E-state index in [1.165, 1.54) is 18.8 Å². The van der Waals surface area contributed by atoms with Crippen LogP contribution in [0.25, 0.3) is 10.9 Å². The number of nitrogens with zero attached hydrogens (tertiary/aromatic N) is 3. The first-order valence-electron chi connectivity index (χ1n) is 12.2. The van der Waals surface area contributed by atoms with E-state index in [2.05, 4.69) is 4.98 Å². The van der Waals surface area contributed by atoms with Gasteiger partial charge in [-0.2, -0.15) is 0 Å². The molecule has 1 aromatic heterocycles. The quantitative estimate of drug-likeness (QED) is 0.657. The zero-order chi connectivity index (χ0) is 25.1. The molecule has 0 unspecified atom stereocenters. The fourth-order valence-electron chi connectivity index (χ4n) is 5.33. The zero-order valence-corrected chi connectivity index (χ0v) is 20.6. The first-order valence-corrected chi connectivity index (χ1v) is 12.2. The van der Waals surface area contributed by atoms with Crippen LogP contribution in [-0.2, 0) is 20.9 Å². The summed E-state index contributed by atoms with van der Waals surface area (Å²) in [7, 11) is 3.04. The molecule has 10 nitrogen and oxygen atoms in total. The van der Waals surface area contributed by atoms with Crippen LogP contribution in [0.4, 0.5) is 0 Å². The van der Waals surface area contributed by atoms with Crippen molar-refractivity contribution in [1.29, 1.82) is 0 Å². The van der Waals surface area contributed by atoms with E-state index in [0.29, 0.717) is 42.8 Å². The molecule has 2 aromatic rings. The van der Waals surface area contributed by atoms with Crippen molar-refractivity contribution in [3.8, 4) is 5.75 Å². The minimum atomic E-state index is -0.416.